The van der Waals surface area contributed by atoms with Crippen molar-refractivity contribution in [2.75, 3.05) is 11.4 Å². The van der Waals surface area contributed by atoms with Crippen LogP contribution in [0.3, 0.4) is 0 Å². The molecule has 2 heterocycles. The van der Waals surface area contributed by atoms with Crippen molar-refractivity contribution in [2.45, 2.75) is 13.0 Å². The minimum atomic E-state index is -0.830. The van der Waals surface area contributed by atoms with E-state index in [9.17, 15) is 29.3 Å². The van der Waals surface area contributed by atoms with Crippen LogP contribution in [0.2, 0.25) is 0 Å². The van der Waals surface area contributed by atoms with Crippen molar-refractivity contribution >= 4 is 35.1 Å². The number of nitro groups is 1. The Bertz CT molecular complexity index is 1420. The predicted molar refractivity (Wildman–Crippen MR) is 126 cm³/mol. The first kappa shape index (κ1) is 22.9. The van der Waals surface area contributed by atoms with Crippen LogP contribution in [0.4, 0.5) is 11.4 Å². The molecule has 36 heavy (non-hydrogen) atoms. The van der Waals surface area contributed by atoms with E-state index in [0.717, 1.165) is 16.5 Å². The number of nitrogens with zero attached hydrogens (tertiary/aromatic N) is 3. The number of likely N-dealkylation sites (tertiary alicyclic amines) is 1. The molecule has 1 saturated heterocycles. The molecule has 0 aromatic heterocycles. The van der Waals surface area contributed by atoms with Gasteiger partial charge in [0.25, 0.3) is 17.5 Å². The molecule has 0 aliphatic carbocycles. The molecule has 180 valence electrons. The second-order valence-electron chi connectivity index (χ2n) is 8.48. The number of hydrogen-bond donors (Lipinski definition) is 0. The Balaban J connectivity index is 1.31. The highest BCUT2D eigenvalue weighted by atomic mass is 16.6. The molecular weight excluding hydrogens is 466 g/mol. The molecule has 0 spiro atoms. The fourth-order valence-corrected chi connectivity index (χ4v) is 4.43. The van der Waals surface area contributed by atoms with E-state index in [4.69, 9.17) is 4.74 Å². The lowest BCUT2D eigenvalue weighted by Crippen LogP contribution is -2.29. The fraction of sp³-hybridized carbons (Fsp3) is 0.154. The molecule has 2 aliphatic rings. The van der Waals surface area contributed by atoms with Crippen molar-refractivity contribution in [2.24, 2.45) is 5.92 Å². The number of rotatable bonds is 6. The van der Waals surface area contributed by atoms with E-state index in [0.29, 0.717) is 6.54 Å². The van der Waals surface area contributed by atoms with Crippen LogP contribution in [0, 0.1) is 16.0 Å². The van der Waals surface area contributed by atoms with E-state index >= 15 is 0 Å². The molecule has 3 aromatic carbocycles. The minimum Gasteiger partial charge on any atom is -0.426 e. The standard InChI is InChI=1S/C26H19N3O7/c30-22-12-17(15-27(22)14-16-6-2-1-3-7-16)26(33)36-19-9-4-8-18(13-19)28-24(31)20-10-5-11-21(29(34)35)23(20)25(28)32/h1-11,13,17H,12,14-15H2/t17-/m1/s1. The molecule has 0 unspecified atom stereocenters. The van der Waals surface area contributed by atoms with Gasteiger partial charge < -0.3 is 9.64 Å². The monoisotopic (exact) mass is 485 g/mol. The zero-order valence-corrected chi connectivity index (χ0v) is 18.8. The summed E-state index contributed by atoms with van der Waals surface area (Å²) >= 11 is 0. The summed E-state index contributed by atoms with van der Waals surface area (Å²) < 4.78 is 5.48. The van der Waals surface area contributed by atoms with Gasteiger partial charge in [0.1, 0.15) is 11.3 Å². The summed E-state index contributed by atoms with van der Waals surface area (Å²) in [5.41, 5.74) is 0.252. The zero-order valence-electron chi connectivity index (χ0n) is 18.8. The number of carbonyl (C=O) groups is 4. The third-order valence-electron chi connectivity index (χ3n) is 6.15. The molecule has 1 atom stereocenters. The molecule has 1 fully saturated rings. The highest BCUT2D eigenvalue weighted by Gasteiger charge is 2.42. The topological polar surface area (TPSA) is 127 Å². The number of hydrogen-bond acceptors (Lipinski definition) is 7. The van der Waals surface area contributed by atoms with E-state index in [1.54, 1.807) is 4.90 Å². The van der Waals surface area contributed by atoms with E-state index in [1.807, 2.05) is 30.3 Å². The second kappa shape index (κ2) is 9.06. The lowest BCUT2D eigenvalue weighted by Gasteiger charge is -2.17. The minimum absolute atomic E-state index is 0.0213. The quantitative estimate of drug-likeness (QED) is 0.172. The molecule has 0 saturated carbocycles. The highest BCUT2D eigenvalue weighted by molar-refractivity contribution is 6.35. The number of nitro benzene ring substituents is 1. The molecule has 5 rings (SSSR count). The van der Waals surface area contributed by atoms with Crippen LogP contribution in [0.5, 0.6) is 5.75 Å². The van der Waals surface area contributed by atoms with Crippen molar-refractivity contribution in [1.29, 1.82) is 0 Å². The first-order valence-electron chi connectivity index (χ1n) is 11.1. The summed E-state index contributed by atoms with van der Waals surface area (Å²) in [6.07, 6.45) is 0.0213. The van der Waals surface area contributed by atoms with E-state index < -0.39 is 34.3 Å². The van der Waals surface area contributed by atoms with Gasteiger partial charge in [0.2, 0.25) is 5.91 Å². The van der Waals surface area contributed by atoms with Crippen molar-refractivity contribution in [1.82, 2.24) is 4.90 Å². The maximum absolute atomic E-state index is 12.9. The lowest BCUT2D eigenvalue weighted by atomic mass is 10.1. The third kappa shape index (κ3) is 4.09. The first-order valence-corrected chi connectivity index (χ1v) is 11.1. The van der Waals surface area contributed by atoms with E-state index in [1.165, 1.54) is 36.4 Å². The number of anilines is 1. The third-order valence-corrected chi connectivity index (χ3v) is 6.15. The fourth-order valence-electron chi connectivity index (χ4n) is 4.43. The Hall–Kier alpha value is -4.86. The average Bonchev–Trinajstić information content (AvgIpc) is 3.36. The Kier molecular flexibility index (Phi) is 5.77. The molecule has 2 aliphatic heterocycles. The van der Waals surface area contributed by atoms with Crippen molar-refractivity contribution < 1.29 is 28.8 Å². The Morgan fingerprint density at radius 1 is 0.972 bits per heavy atom. The van der Waals surface area contributed by atoms with Gasteiger partial charge in [-0.05, 0) is 23.8 Å². The molecule has 10 nitrogen and oxygen atoms in total. The van der Waals surface area contributed by atoms with Gasteiger partial charge >= 0.3 is 5.97 Å². The van der Waals surface area contributed by atoms with Gasteiger partial charge in [-0.2, -0.15) is 0 Å². The van der Waals surface area contributed by atoms with Gasteiger partial charge in [0, 0.05) is 31.6 Å². The van der Waals surface area contributed by atoms with Crippen molar-refractivity contribution in [3.05, 3.63) is 99.6 Å². The van der Waals surface area contributed by atoms with Crippen LogP contribution >= 0.6 is 0 Å². The summed E-state index contributed by atoms with van der Waals surface area (Å²) in [7, 11) is 0. The SMILES string of the molecule is O=C(Oc1cccc(N2C(=O)c3cccc([N+](=O)[O-])c3C2=O)c1)[C@@H]1CC(=O)N(Cc2ccccc2)C1. The van der Waals surface area contributed by atoms with Gasteiger partial charge in [-0.15, -0.1) is 0 Å². The van der Waals surface area contributed by atoms with Crippen LogP contribution in [0.15, 0.2) is 72.8 Å². The number of carbonyl (C=O) groups excluding carboxylic acids is 4. The first-order chi connectivity index (χ1) is 17.3. The van der Waals surface area contributed by atoms with Gasteiger partial charge in [-0.3, -0.25) is 29.3 Å². The number of ether oxygens (including phenoxy) is 1. The Labute approximate surface area is 204 Å². The molecule has 3 aromatic rings. The maximum atomic E-state index is 12.9. The van der Waals surface area contributed by atoms with Crippen molar-refractivity contribution in [3.8, 4) is 5.75 Å². The number of fused-ring (bicyclic) bond motifs is 1. The Morgan fingerprint density at radius 3 is 2.47 bits per heavy atom. The summed E-state index contributed by atoms with van der Waals surface area (Å²) in [4.78, 5) is 64.1. The highest BCUT2D eigenvalue weighted by Crippen LogP contribution is 2.35. The molecular formula is C26H19N3O7. The van der Waals surface area contributed by atoms with E-state index in [2.05, 4.69) is 0 Å². The maximum Gasteiger partial charge on any atom is 0.316 e. The Morgan fingerprint density at radius 2 is 1.72 bits per heavy atom. The second-order valence-corrected chi connectivity index (χ2v) is 8.48. The van der Waals surface area contributed by atoms with Crippen molar-refractivity contribution in [3.63, 3.8) is 0 Å². The van der Waals surface area contributed by atoms with Crippen LogP contribution in [0.1, 0.15) is 32.7 Å². The molecule has 10 heteroatoms. The van der Waals surface area contributed by atoms with Crippen LogP contribution in [-0.2, 0) is 16.1 Å². The zero-order chi connectivity index (χ0) is 25.4. The van der Waals surface area contributed by atoms with Gasteiger partial charge in [-0.1, -0.05) is 42.5 Å². The molecule has 0 bridgehead atoms. The molecule has 0 N–H and O–H groups in total. The normalized spacial score (nSPS) is 16.9. The predicted octanol–water partition coefficient (Wildman–Crippen LogP) is 3.35. The molecule has 3 amide bonds. The number of imide groups is 1. The summed E-state index contributed by atoms with van der Waals surface area (Å²) in [5.74, 6) is -2.87. The summed E-state index contributed by atoms with van der Waals surface area (Å²) in [6.45, 7) is 0.610. The number of esters is 1. The van der Waals surface area contributed by atoms with Crippen LogP contribution in [-0.4, -0.2) is 40.1 Å². The van der Waals surface area contributed by atoms with Crippen LogP contribution in [0.25, 0.3) is 0 Å². The number of amides is 3. The smallest absolute Gasteiger partial charge is 0.316 e. The van der Waals surface area contributed by atoms with Gasteiger partial charge in [0.15, 0.2) is 0 Å². The lowest BCUT2D eigenvalue weighted by molar-refractivity contribution is -0.385. The van der Waals surface area contributed by atoms with E-state index in [-0.39, 0.29) is 41.4 Å². The summed E-state index contributed by atoms with van der Waals surface area (Å²) in [6, 6.07) is 19.1. The average molecular weight is 485 g/mol. The van der Waals surface area contributed by atoms with Gasteiger partial charge in [-0.25, -0.2) is 4.90 Å². The summed E-state index contributed by atoms with van der Waals surface area (Å²) in [5, 5.41) is 11.3. The van der Waals surface area contributed by atoms with Gasteiger partial charge in [0.05, 0.1) is 22.1 Å². The molecule has 0 radical (unpaired) electrons. The largest absolute Gasteiger partial charge is 0.426 e. The van der Waals surface area contributed by atoms with Crippen LogP contribution < -0.4 is 9.64 Å². The number of benzene rings is 3.